The molecule has 0 saturated heterocycles. The summed E-state index contributed by atoms with van der Waals surface area (Å²) in [5.41, 5.74) is 2.13. The predicted molar refractivity (Wildman–Crippen MR) is 134 cm³/mol. The third-order valence-corrected chi connectivity index (χ3v) is 5.13. The monoisotopic (exact) mass is 503 g/mol. The molecule has 9 nitrogen and oxygen atoms in total. The first-order valence-corrected chi connectivity index (χ1v) is 11.1. The minimum Gasteiger partial charge on any atom is -1.00 e. The zero-order chi connectivity index (χ0) is 25.0. The van der Waals surface area contributed by atoms with E-state index < -0.39 is 18.1 Å². The maximum absolute atomic E-state index is 12.2. The minimum atomic E-state index is -1.03. The molecule has 0 aliphatic rings. The number of benzene rings is 3. The molecule has 10 heteroatoms. The Morgan fingerprint density at radius 1 is 0.889 bits per heavy atom. The van der Waals surface area contributed by atoms with E-state index in [0.717, 1.165) is 5.56 Å². The van der Waals surface area contributed by atoms with Gasteiger partial charge in [-0.1, -0.05) is 30.3 Å². The molecule has 6 N–H and O–H groups in total. The fraction of sp³-hybridized carbons (Fsp3) is 0.231. The van der Waals surface area contributed by atoms with Crippen LogP contribution in [0.5, 0.6) is 5.75 Å². The number of carboxylic acids is 1. The number of aliphatic hydroxyl groups excluding tert-OH is 2. The molecule has 3 aromatic rings. The third kappa shape index (κ3) is 9.98. The van der Waals surface area contributed by atoms with Crippen molar-refractivity contribution in [2.45, 2.75) is 18.6 Å². The van der Waals surface area contributed by atoms with Gasteiger partial charge in [0, 0.05) is 24.0 Å². The summed E-state index contributed by atoms with van der Waals surface area (Å²) in [6, 6.07) is 21.6. The Balaban J connectivity index is 0.00000342. The average Bonchev–Trinajstić information content (AvgIpc) is 2.87. The van der Waals surface area contributed by atoms with Crippen LogP contribution in [-0.2, 0) is 6.42 Å². The Hall–Kier alpha value is -2.92. The van der Waals surface area contributed by atoms with E-state index in [-0.39, 0.29) is 62.3 Å². The number of carbonyl (C=O) groups is 2. The van der Waals surface area contributed by atoms with Crippen LogP contribution in [0.2, 0.25) is 0 Å². The van der Waals surface area contributed by atoms with Crippen LogP contribution in [-0.4, -0.2) is 59.2 Å². The Labute approximate surface area is 233 Å². The number of nitrogens with one attached hydrogen (secondary N) is 3. The molecule has 0 aliphatic heterocycles. The van der Waals surface area contributed by atoms with Gasteiger partial charge < -0.3 is 37.4 Å². The molecule has 2 amide bonds. The van der Waals surface area contributed by atoms with Crippen LogP contribution in [0.15, 0.2) is 78.9 Å². The van der Waals surface area contributed by atoms with Gasteiger partial charge in [0.15, 0.2) is 0 Å². The van der Waals surface area contributed by atoms with E-state index in [4.69, 9.17) is 9.84 Å². The Kier molecular flexibility index (Phi) is 12.4. The number of ether oxygens (including phenoxy) is 1. The normalized spacial score (nSPS) is 12.1. The SMILES string of the molecule is O=C(Nc1ccc(C[C@@H](CO)NC[C@H](O)COc2ccccc2)cc1)Nc1ccc(C(=O)O)cc1.[H-].[Na+]. The summed E-state index contributed by atoms with van der Waals surface area (Å²) in [4.78, 5) is 23.1. The summed E-state index contributed by atoms with van der Waals surface area (Å²) in [7, 11) is 0. The standard InChI is InChI=1S/C26H29N3O6.Na.H/c30-16-22(27-15-23(31)17-35-24-4-2-1-3-5-24)14-18-6-10-20(11-7-18)28-26(34)29-21-12-8-19(9-13-21)25(32)33;;/h1-13,22-23,27,30-31H,14-17H2,(H,32,33)(H2,28,29,34);;/q;+1;-1/t22-,23-;;/m0../s1. The molecule has 0 bridgehead atoms. The van der Waals surface area contributed by atoms with Crippen molar-refractivity contribution in [1.29, 1.82) is 0 Å². The number of urea groups is 1. The van der Waals surface area contributed by atoms with Gasteiger partial charge in [-0.15, -0.1) is 0 Å². The van der Waals surface area contributed by atoms with Gasteiger partial charge in [0.2, 0.25) is 0 Å². The summed E-state index contributed by atoms with van der Waals surface area (Å²) in [5.74, 6) is -0.350. The van der Waals surface area contributed by atoms with Gasteiger partial charge in [0.1, 0.15) is 18.5 Å². The number of amides is 2. The second-order valence-electron chi connectivity index (χ2n) is 7.93. The molecule has 36 heavy (non-hydrogen) atoms. The quantitative estimate of drug-likeness (QED) is 0.192. The number of anilines is 2. The largest absolute Gasteiger partial charge is 1.00 e. The van der Waals surface area contributed by atoms with E-state index in [9.17, 15) is 19.8 Å². The van der Waals surface area contributed by atoms with E-state index in [2.05, 4.69) is 16.0 Å². The Morgan fingerprint density at radius 3 is 2.03 bits per heavy atom. The molecule has 0 radical (unpaired) electrons. The molecule has 0 unspecified atom stereocenters. The van der Waals surface area contributed by atoms with Gasteiger partial charge in [-0.25, -0.2) is 9.59 Å². The molecule has 3 rings (SSSR count). The summed E-state index contributed by atoms with van der Waals surface area (Å²) >= 11 is 0. The molecule has 0 fully saturated rings. The number of para-hydroxylation sites is 1. The van der Waals surface area contributed by atoms with Gasteiger partial charge in [-0.3, -0.25) is 0 Å². The zero-order valence-corrected chi connectivity index (χ0v) is 22.1. The molecular weight excluding hydrogens is 473 g/mol. The molecular formula is C26H30N3NaO6. The summed E-state index contributed by atoms with van der Waals surface area (Å²) in [6.45, 7) is 0.307. The molecule has 2 atom stereocenters. The second kappa shape index (κ2) is 15.2. The molecule has 0 saturated carbocycles. The number of aromatic carboxylic acids is 1. The Morgan fingerprint density at radius 2 is 1.47 bits per heavy atom. The number of hydrogen-bond acceptors (Lipinski definition) is 6. The number of aliphatic hydroxyl groups is 2. The number of carbonyl (C=O) groups excluding carboxylic acids is 1. The minimum absolute atomic E-state index is 0. The van der Waals surface area contributed by atoms with Crippen molar-refractivity contribution in [3.63, 3.8) is 0 Å². The molecule has 0 spiro atoms. The van der Waals surface area contributed by atoms with Crippen LogP contribution in [0.4, 0.5) is 16.2 Å². The third-order valence-electron chi connectivity index (χ3n) is 5.13. The van der Waals surface area contributed by atoms with Gasteiger partial charge in [-0.2, -0.15) is 0 Å². The average molecular weight is 504 g/mol. The van der Waals surface area contributed by atoms with Crippen molar-refractivity contribution < 1.29 is 60.6 Å². The van der Waals surface area contributed by atoms with Crippen molar-refractivity contribution in [3.05, 3.63) is 90.0 Å². The smallest absolute Gasteiger partial charge is 1.00 e. The van der Waals surface area contributed by atoms with Crippen LogP contribution >= 0.6 is 0 Å². The van der Waals surface area contributed by atoms with Gasteiger partial charge in [0.05, 0.1) is 12.2 Å². The first-order chi connectivity index (χ1) is 16.9. The zero-order valence-electron chi connectivity index (χ0n) is 21.1. The van der Waals surface area contributed by atoms with Gasteiger partial charge in [-0.05, 0) is 60.5 Å². The van der Waals surface area contributed by atoms with Gasteiger partial charge in [0.25, 0.3) is 0 Å². The second-order valence-corrected chi connectivity index (χ2v) is 7.93. The number of hydrogen-bond donors (Lipinski definition) is 6. The van der Waals surface area contributed by atoms with E-state index in [1.54, 1.807) is 12.1 Å². The maximum atomic E-state index is 12.2. The Bertz CT molecular complexity index is 1090. The van der Waals surface area contributed by atoms with Crippen LogP contribution in [0, 0.1) is 0 Å². The first-order valence-electron chi connectivity index (χ1n) is 11.1. The fourth-order valence-corrected chi connectivity index (χ4v) is 3.27. The summed E-state index contributed by atoms with van der Waals surface area (Å²) < 4.78 is 5.53. The van der Waals surface area contributed by atoms with E-state index in [0.29, 0.717) is 23.5 Å². The number of carboxylic acid groups (broad SMARTS) is 1. The number of rotatable bonds is 12. The van der Waals surface area contributed by atoms with Crippen LogP contribution in [0.25, 0.3) is 0 Å². The molecule has 0 heterocycles. The van der Waals surface area contributed by atoms with E-state index >= 15 is 0 Å². The first kappa shape index (κ1) is 29.3. The molecule has 3 aromatic carbocycles. The topological polar surface area (TPSA) is 140 Å². The maximum Gasteiger partial charge on any atom is 1.00 e. The van der Waals surface area contributed by atoms with Crippen LogP contribution < -0.4 is 50.2 Å². The molecule has 186 valence electrons. The summed E-state index contributed by atoms with van der Waals surface area (Å²) in [5, 5.41) is 37.3. The van der Waals surface area contributed by atoms with Crippen molar-refractivity contribution in [2.24, 2.45) is 0 Å². The van der Waals surface area contributed by atoms with Crippen molar-refractivity contribution in [3.8, 4) is 5.75 Å². The molecule has 0 aromatic heterocycles. The van der Waals surface area contributed by atoms with Gasteiger partial charge >= 0.3 is 41.6 Å². The van der Waals surface area contributed by atoms with Crippen molar-refractivity contribution in [1.82, 2.24) is 5.32 Å². The predicted octanol–water partition coefficient (Wildman–Crippen LogP) is 0.0782. The van der Waals surface area contributed by atoms with Crippen molar-refractivity contribution in [2.75, 3.05) is 30.4 Å². The fourth-order valence-electron chi connectivity index (χ4n) is 3.27. The van der Waals surface area contributed by atoms with E-state index in [1.165, 1.54) is 24.3 Å². The van der Waals surface area contributed by atoms with Crippen molar-refractivity contribution >= 4 is 23.4 Å². The van der Waals surface area contributed by atoms with Crippen LogP contribution in [0.3, 0.4) is 0 Å². The van der Waals surface area contributed by atoms with E-state index in [1.807, 2.05) is 42.5 Å². The summed E-state index contributed by atoms with van der Waals surface area (Å²) in [6.07, 6.45) is -0.194. The molecule has 0 aliphatic carbocycles. The van der Waals surface area contributed by atoms with Crippen LogP contribution in [0.1, 0.15) is 17.3 Å².